The summed E-state index contributed by atoms with van der Waals surface area (Å²) in [6, 6.07) is 7.77. The Kier molecular flexibility index (Phi) is 4.22. The molecule has 0 aliphatic heterocycles. The first-order chi connectivity index (χ1) is 9.11. The Morgan fingerprint density at radius 3 is 2.74 bits per heavy atom. The summed E-state index contributed by atoms with van der Waals surface area (Å²) in [5, 5.41) is 14.0. The van der Waals surface area contributed by atoms with Crippen LogP contribution >= 0.6 is 0 Å². The molecule has 4 heteroatoms. The van der Waals surface area contributed by atoms with Crippen molar-refractivity contribution in [1.82, 2.24) is 9.78 Å². The van der Waals surface area contributed by atoms with E-state index in [1.165, 1.54) is 0 Å². The van der Waals surface area contributed by atoms with Gasteiger partial charge in [0.2, 0.25) is 0 Å². The third-order valence-electron chi connectivity index (χ3n) is 3.12. The van der Waals surface area contributed by atoms with Gasteiger partial charge in [0, 0.05) is 17.5 Å². The lowest BCUT2D eigenvalue weighted by atomic mass is 10.1. The second kappa shape index (κ2) is 5.89. The molecule has 4 nitrogen and oxygen atoms in total. The van der Waals surface area contributed by atoms with Crippen LogP contribution in [0.25, 0.3) is 0 Å². The van der Waals surface area contributed by atoms with Crippen molar-refractivity contribution in [2.75, 3.05) is 6.61 Å². The van der Waals surface area contributed by atoms with Crippen molar-refractivity contribution in [1.29, 1.82) is 0 Å². The number of rotatable bonds is 5. The van der Waals surface area contributed by atoms with Gasteiger partial charge in [0.15, 0.2) is 0 Å². The minimum absolute atomic E-state index is 0.479. The Balaban J connectivity index is 2.34. The van der Waals surface area contributed by atoms with Crippen LogP contribution in [0.4, 0.5) is 0 Å². The van der Waals surface area contributed by atoms with Crippen molar-refractivity contribution in [3.63, 3.8) is 0 Å². The van der Waals surface area contributed by atoms with E-state index in [2.05, 4.69) is 5.10 Å². The maximum Gasteiger partial charge on any atom is 0.124 e. The number of benzene rings is 1. The van der Waals surface area contributed by atoms with Crippen LogP contribution in [0.5, 0.6) is 5.75 Å². The number of aliphatic hydroxyl groups excluding tert-OH is 1. The molecule has 1 N–H and O–H groups in total. The molecule has 2 rings (SSSR count). The first-order valence-corrected chi connectivity index (χ1v) is 6.54. The Morgan fingerprint density at radius 1 is 1.37 bits per heavy atom. The highest BCUT2D eigenvalue weighted by molar-refractivity contribution is 5.38. The lowest BCUT2D eigenvalue weighted by Gasteiger charge is -2.14. The van der Waals surface area contributed by atoms with Crippen molar-refractivity contribution >= 4 is 0 Å². The van der Waals surface area contributed by atoms with Crippen LogP contribution in [0.1, 0.15) is 36.8 Å². The zero-order valence-electron chi connectivity index (χ0n) is 11.6. The summed E-state index contributed by atoms with van der Waals surface area (Å²) in [5.41, 5.74) is 3.03. The molecule has 19 heavy (non-hydrogen) atoms. The minimum atomic E-state index is -0.479. The van der Waals surface area contributed by atoms with E-state index in [1.54, 1.807) is 13.1 Å². The monoisotopic (exact) mass is 260 g/mol. The van der Waals surface area contributed by atoms with Crippen molar-refractivity contribution < 1.29 is 9.84 Å². The van der Waals surface area contributed by atoms with Gasteiger partial charge in [0.25, 0.3) is 0 Å². The van der Waals surface area contributed by atoms with Gasteiger partial charge in [-0.1, -0.05) is 6.07 Å². The number of ether oxygens (including phenoxy) is 1. The molecule has 0 saturated heterocycles. The third kappa shape index (κ3) is 3.15. The Hall–Kier alpha value is -1.81. The smallest absolute Gasteiger partial charge is 0.124 e. The van der Waals surface area contributed by atoms with Gasteiger partial charge in [-0.25, -0.2) is 0 Å². The van der Waals surface area contributed by atoms with Crippen LogP contribution in [0.3, 0.4) is 0 Å². The summed E-state index contributed by atoms with van der Waals surface area (Å²) in [5.74, 6) is 0.849. The first-order valence-electron chi connectivity index (χ1n) is 6.54. The zero-order valence-corrected chi connectivity index (χ0v) is 11.6. The molecule has 0 spiro atoms. The molecule has 0 fully saturated rings. The molecular formula is C15H20N2O2. The van der Waals surface area contributed by atoms with Gasteiger partial charge in [0.1, 0.15) is 5.75 Å². The topological polar surface area (TPSA) is 47.3 Å². The van der Waals surface area contributed by atoms with Gasteiger partial charge in [-0.05, 0) is 44.5 Å². The maximum atomic E-state index is 9.69. The average Bonchev–Trinajstić information content (AvgIpc) is 2.77. The average molecular weight is 260 g/mol. The molecule has 1 aromatic heterocycles. The normalized spacial score (nSPS) is 12.4. The van der Waals surface area contributed by atoms with Gasteiger partial charge in [-0.3, -0.25) is 4.68 Å². The third-order valence-corrected chi connectivity index (χ3v) is 3.12. The van der Waals surface area contributed by atoms with Crippen molar-refractivity contribution in [2.24, 2.45) is 0 Å². The highest BCUT2D eigenvalue weighted by atomic mass is 16.5. The van der Waals surface area contributed by atoms with Crippen LogP contribution in [0.15, 0.2) is 30.5 Å². The SMILES string of the molecule is CCOc1ccc(C(C)O)cc1Cn1nccc1C. The van der Waals surface area contributed by atoms with Gasteiger partial charge >= 0.3 is 0 Å². The van der Waals surface area contributed by atoms with Gasteiger partial charge in [0.05, 0.1) is 19.3 Å². The number of aryl methyl sites for hydroxylation is 1. The Morgan fingerprint density at radius 2 is 2.16 bits per heavy atom. The molecule has 1 atom stereocenters. The van der Waals surface area contributed by atoms with E-state index in [0.717, 1.165) is 22.6 Å². The zero-order chi connectivity index (χ0) is 13.8. The van der Waals surface area contributed by atoms with E-state index in [1.807, 2.05) is 42.8 Å². The number of hydrogen-bond donors (Lipinski definition) is 1. The lowest BCUT2D eigenvalue weighted by Crippen LogP contribution is -2.07. The molecule has 0 bridgehead atoms. The summed E-state index contributed by atoms with van der Waals surface area (Å²) in [6.07, 6.45) is 1.31. The fourth-order valence-electron chi connectivity index (χ4n) is 2.00. The molecule has 1 unspecified atom stereocenters. The van der Waals surface area contributed by atoms with E-state index in [4.69, 9.17) is 4.74 Å². The fourth-order valence-corrected chi connectivity index (χ4v) is 2.00. The molecule has 1 heterocycles. The lowest BCUT2D eigenvalue weighted by molar-refractivity contribution is 0.199. The van der Waals surface area contributed by atoms with E-state index in [9.17, 15) is 5.11 Å². The second-order valence-electron chi connectivity index (χ2n) is 4.61. The molecule has 0 saturated carbocycles. The van der Waals surface area contributed by atoms with E-state index >= 15 is 0 Å². The standard InChI is InChI=1S/C15H20N2O2/c1-4-19-15-6-5-13(12(3)18)9-14(15)10-17-11(2)7-8-16-17/h5-9,12,18H,4,10H2,1-3H3. The molecule has 0 aliphatic rings. The van der Waals surface area contributed by atoms with Crippen LogP contribution < -0.4 is 4.74 Å². The van der Waals surface area contributed by atoms with E-state index in [0.29, 0.717) is 13.2 Å². The highest BCUT2D eigenvalue weighted by Gasteiger charge is 2.10. The predicted molar refractivity (Wildman–Crippen MR) is 74.3 cm³/mol. The number of nitrogens with zero attached hydrogens (tertiary/aromatic N) is 2. The number of hydrogen-bond acceptors (Lipinski definition) is 3. The molecular weight excluding hydrogens is 240 g/mol. The second-order valence-corrected chi connectivity index (χ2v) is 4.61. The summed E-state index contributed by atoms with van der Waals surface area (Å²) >= 11 is 0. The molecule has 2 aromatic rings. The summed E-state index contributed by atoms with van der Waals surface area (Å²) < 4.78 is 7.56. The highest BCUT2D eigenvalue weighted by Crippen LogP contribution is 2.24. The fraction of sp³-hybridized carbons (Fsp3) is 0.400. The molecule has 0 amide bonds. The van der Waals surface area contributed by atoms with Gasteiger partial charge in [-0.15, -0.1) is 0 Å². The van der Waals surface area contributed by atoms with E-state index in [-0.39, 0.29) is 0 Å². The summed E-state index contributed by atoms with van der Waals surface area (Å²) in [7, 11) is 0. The number of aromatic nitrogens is 2. The Bertz CT molecular complexity index is 547. The maximum absolute atomic E-state index is 9.69. The van der Waals surface area contributed by atoms with Crippen molar-refractivity contribution in [3.8, 4) is 5.75 Å². The largest absolute Gasteiger partial charge is 0.494 e. The summed E-state index contributed by atoms with van der Waals surface area (Å²) in [4.78, 5) is 0. The first kappa shape index (κ1) is 13.6. The van der Waals surface area contributed by atoms with E-state index < -0.39 is 6.10 Å². The molecule has 102 valence electrons. The van der Waals surface area contributed by atoms with Crippen LogP contribution in [-0.2, 0) is 6.54 Å². The molecule has 1 aromatic carbocycles. The van der Waals surface area contributed by atoms with Crippen LogP contribution in [0, 0.1) is 6.92 Å². The van der Waals surface area contributed by atoms with Gasteiger partial charge < -0.3 is 9.84 Å². The van der Waals surface area contributed by atoms with Gasteiger partial charge in [-0.2, -0.15) is 5.10 Å². The minimum Gasteiger partial charge on any atom is -0.494 e. The van der Waals surface area contributed by atoms with Crippen LogP contribution in [0.2, 0.25) is 0 Å². The summed E-state index contributed by atoms with van der Waals surface area (Å²) in [6.45, 7) is 7.02. The van der Waals surface area contributed by atoms with Crippen LogP contribution in [-0.4, -0.2) is 21.5 Å². The molecule has 0 radical (unpaired) electrons. The Labute approximate surface area is 113 Å². The predicted octanol–water partition coefficient (Wildman–Crippen LogP) is 2.69. The number of aliphatic hydroxyl groups is 1. The molecule has 0 aliphatic carbocycles. The quantitative estimate of drug-likeness (QED) is 0.899. The van der Waals surface area contributed by atoms with Crippen molar-refractivity contribution in [2.45, 2.75) is 33.4 Å². The van der Waals surface area contributed by atoms with Crippen molar-refractivity contribution in [3.05, 3.63) is 47.3 Å².